The second-order valence-electron chi connectivity index (χ2n) is 6.96. The first-order valence-corrected chi connectivity index (χ1v) is 10.4. The second-order valence-corrected chi connectivity index (χ2v) is 7.97. The van der Waals surface area contributed by atoms with Crippen molar-refractivity contribution in [3.05, 3.63) is 48.0 Å². The van der Waals surface area contributed by atoms with Gasteiger partial charge in [0.05, 0.1) is 28.4 Å². The number of carbonyl (C=O) groups is 1. The minimum absolute atomic E-state index is 0.00281. The average molecular weight is 417 g/mol. The number of aromatic nitrogens is 1. The molecule has 2 heterocycles. The minimum Gasteiger partial charge on any atom is -0.494 e. The molecule has 1 aliphatic heterocycles. The van der Waals surface area contributed by atoms with E-state index in [2.05, 4.69) is 10.2 Å². The van der Waals surface area contributed by atoms with E-state index in [0.717, 1.165) is 46.2 Å². The van der Waals surface area contributed by atoms with Gasteiger partial charge >= 0.3 is 0 Å². The van der Waals surface area contributed by atoms with Gasteiger partial charge in [0.2, 0.25) is 5.91 Å². The van der Waals surface area contributed by atoms with Crippen LogP contribution in [-0.2, 0) is 4.79 Å². The Hall–Kier alpha value is -2.74. The summed E-state index contributed by atoms with van der Waals surface area (Å²) in [4.78, 5) is 19.4. The Bertz CT molecular complexity index is 1040. The normalized spacial score (nSPS) is 16.8. The van der Waals surface area contributed by atoms with E-state index in [9.17, 15) is 13.6 Å². The molecule has 3 aromatic rings. The van der Waals surface area contributed by atoms with Gasteiger partial charge < -0.3 is 15.0 Å². The lowest BCUT2D eigenvalue weighted by Gasteiger charge is -2.31. The minimum atomic E-state index is -0.776. The number of amides is 1. The summed E-state index contributed by atoms with van der Waals surface area (Å²) in [5, 5.41) is 3.45. The zero-order valence-electron chi connectivity index (χ0n) is 16.0. The maximum absolute atomic E-state index is 13.8. The van der Waals surface area contributed by atoms with Crippen molar-refractivity contribution < 1.29 is 18.3 Å². The first-order chi connectivity index (χ1) is 14.0. The van der Waals surface area contributed by atoms with E-state index in [0.29, 0.717) is 19.6 Å². The Morgan fingerprint density at radius 1 is 1.31 bits per heavy atom. The van der Waals surface area contributed by atoms with Crippen LogP contribution in [0.15, 0.2) is 36.4 Å². The summed E-state index contributed by atoms with van der Waals surface area (Å²) in [7, 11) is 0. The number of piperidine rings is 1. The zero-order valence-corrected chi connectivity index (χ0v) is 16.8. The molecule has 2 aromatic carbocycles. The van der Waals surface area contributed by atoms with E-state index in [1.54, 1.807) is 11.3 Å². The number of nitrogens with one attached hydrogen (secondary N) is 1. The lowest BCUT2D eigenvalue weighted by atomic mass is 9.97. The standard InChI is InChI=1S/C21H21F2N3O2S/c1-2-28-15-6-8-18-19(11-15)29-21(25-18)26-9-3-4-13(12-26)20(27)24-17-7-5-14(22)10-16(17)23/h5-8,10-11,13H,2-4,9,12H2,1H3,(H,24,27). The predicted molar refractivity (Wildman–Crippen MR) is 111 cm³/mol. The van der Waals surface area contributed by atoms with Crippen LogP contribution in [0.4, 0.5) is 19.6 Å². The van der Waals surface area contributed by atoms with Crippen LogP contribution in [0.1, 0.15) is 19.8 Å². The van der Waals surface area contributed by atoms with Crippen molar-refractivity contribution in [2.45, 2.75) is 19.8 Å². The molecule has 5 nitrogen and oxygen atoms in total. The van der Waals surface area contributed by atoms with E-state index < -0.39 is 11.6 Å². The van der Waals surface area contributed by atoms with Crippen LogP contribution in [-0.4, -0.2) is 30.6 Å². The van der Waals surface area contributed by atoms with Crippen LogP contribution in [0.25, 0.3) is 10.2 Å². The van der Waals surface area contributed by atoms with E-state index in [1.807, 2.05) is 25.1 Å². The largest absolute Gasteiger partial charge is 0.494 e. The van der Waals surface area contributed by atoms with E-state index in [-0.39, 0.29) is 17.5 Å². The van der Waals surface area contributed by atoms with Crippen molar-refractivity contribution in [3.63, 3.8) is 0 Å². The molecule has 29 heavy (non-hydrogen) atoms. The maximum atomic E-state index is 13.8. The molecule has 1 N–H and O–H groups in total. The van der Waals surface area contributed by atoms with Crippen molar-refractivity contribution in [1.82, 2.24) is 4.98 Å². The van der Waals surface area contributed by atoms with Gasteiger partial charge in [0.15, 0.2) is 5.13 Å². The van der Waals surface area contributed by atoms with Gasteiger partial charge in [-0.3, -0.25) is 4.79 Å². The van der Waals surface area contributed by atoms with Gasteiger partial charge in [0.25, 0.3) is 0 Å². The smallest absolute Gasteiger partial charge is 0.229 e. The Labute approximate surface area is 171 Å². The number of ether oxygens (including phenoxy) is 1. The quantitative estimate of drug-likeness (QED) is 0.646. The first kappa shape index (κ1) is 19.6. The highest BCUT2D eigenvalue weighted by atomic mass is 32.1. The molecule has 152 valence electrons. The number of hydrogen-bond acceptors (Lipinski definition) is 5. The summed E-state index contributed by atoms with van der Waals surface area (Å²) in [6, 6.07) is 8.95. The molecule has 1 aromatic heterocycles. The molecule has 0 saturated carbocycles. The van der Waals surface area contributed by atoms with Gasteiger partial charge in [0, 0.05) is 19.2 Å². The third-order valence-electron chi connectivity index (χ3n) is 4.91. The molecule has 0 spiro atoms. The third-order valence-corrected chi connectivity index (χ3v) is 5.99. The van der Waals surface area contributed by atoms with Crippen molar-refractivity contribution in [1.29, 1.82) is 0 Å². The third kappa shape index (κ3) is 4.32. The Morgan fingerprint density at radius 2 is 2.17 bits per heavy atom. The number of benzene rings is 2. The molecule has 0 aliphatic carbocycles. The molecule has 1 aliphatic rings. The number of rotatable bonds is 5. The first-order valence-electron chi connectivity index (χ1n) is 9.57. The highest BCUT2D eigenvalue weighted by Crippen LogP contribution is 2.33. The highest BCUT2D eigenvalue weighted by Gasteiger charge is 2.28. The van der Waals surface area contributed by atoms with Gasteiger partial charge in [-0.2, -0.15) is 0 Å². The fourth-order valence-electron chi connectivity index (χ4n) is 3.48. The van der Waals surface area contributed by atoms with Crippen LogP contribution in [0, 0.1) is 17.6 Å². The van der Waals surface area contributed by atoms with Crippen molar-refractivity contribution in [3.8, 4) is 5.75 Å². The van der Waals surface area contributed by atoms with Crippen LogP contribution in [0.3, 0.4) is 0 Å². The Morgan fingerprint density at radius 3 is 2.97 bits per heavy atom. The van der Waals surface area contributed by atoms with Gasteiger partial charge in [0.1, 0.15) is 17.4 Å². The van der Waals surface area contributed by atoms with E-state index in [4.69, 9.17) is 9.72 Å². The molecule has 0 bridgehead atoms. The number of halogens is 2. The summed E-state index contributed by atoms with van der Waals surface area (Å²) in [6.45, 7) is 3.87. The second kappa shape index (κ2) is 8.32. The molecule has 1 saturated heterocycles. The topological polar surface area (TPSA) is 54.5 Å². The molecular formula is C21H21F2N3O2S. The van der Waals surface area contributed by atoms with Gasteiger partial charge in [-0.1, -0.05) is 11.3 Å². The zero-order chi connectivity index (χ0) is 20.4. The van der Waals surface area contributed by atoms with Crippen molar-refractivity contribution in [2.75, 3.05) is 29.9 Å². The van der Waals surface area contributed by atoms with Crippen LogP contribution < -0.4 is 15.0 Å². The number of anilines is 2. The average Bonchev–Trinajstić information content (AvgIpc) is 3.14. The van der Waals surface area contributed by atoms with Crippen LogP contribution in [0.5, 0.6) is 5.75 Å². The fourth-order valence-corrected chi connectivity index (χ4v) is 4.50. The summed E-state index contributed by atoms with van der Waals surface area (Å²) in [5.74, 6) is -1.19. The Kier molecular flexibility index (Phi) is 5.62. The lowest BCUT2D eigenvalue weighted by molar-refractivity contribution is -0.120. The molecule has 1 atom stereocenters. The number of carbonyl (C=O) groups excluding carboxylic acids is 1. The van der Waals surface area contributed by atoms with Crippen molar-refractivity contribution >= 4 is 38.3 Å². The fraction of sp³-hybridized carbons (Fsp3) is 0.333. The summed E-state index contributed by atoms with van der Waals surface area (Å²) < 4.78 is 33.5. The maximum Gasteiger partial charge on any atom is 0.229 e. The molecule has 8 heteroatoms. The number of fused-ring (bicyclic) bond motifs is 1. The van der Waals surface area contributed by atoms with Gasteiger partial charge in [-0.05, 0) is 50.1 Å². The summed E-state index contributed by atoms with van der Waals surface area (Å²) in [6.07, 6.45) is 1.55. The summed E-state index contributed by atoms with van der Waals surface area (Å²) >= 11 is 1.57. The SMILES string of the molecule is CCOc1ccc2nc(N3CCCC(C(=O)Nc4ccc(F)cc4F)C3)sc2c1. The summed E-state index contributed by atoms with van der Waals surface area (Å²) in [5.41, 5.74) is 0.894. The van der Waals surface area contributed by atoms with E-state index in [1.165, 1.54) is 6.07 Å². The highest BCUT2D eigenvalue weighted by molar-refractivity contribution is 7.22. The predicted octanol–water partition coefficient (Wildman–Crippen LogP) is 4.83. The lowest BCUT2D eigenvalue weighted by Crippen LogP contribution is -2.40. The van der Waals surface area contributed by atoms with Crippen LogP contribution >= 0.6 is 11.3 Å². The van der Waals surface area contributed by atoms with Crippen LogP contribution in [0.2, 0.25) is 0 Å². The number of hydrogen-bond donors (Lipinski definition) is 1. The molecule has 1 unspecified atom stereocenters. The molecule has 1 fully saturated rings. The van der Waals surface area contributed by atoms with Crippen molar-refractivity contribution in [2.24, 2.45) is 5.92 Å². The molecular weight excluding hydrogens is 396 g/mol. The van der Waals surface area contributed by atoms with E-state index >= 15 is 0 Å². The Balaban J connectivity index is 1.47. The van der Waals surface area contributed by atoms with Gasteiger partial charge in [-0.25, -0.2) is 13.8 Å². The monoisotopic (exact) mass is 417 g/mol. The van der Waals surface area contributed by atoms with Gasteiger partial charge in [-0.15, -0.1) is 0 Å². The number of thiazole rings is 1. The molecule has 0 radical (unpaired) electrons. The number of nitrogens with zero attached hydrogens (tertiary/aromatic N) is 2. The molecule has 1 amide bonds. The molecule has 4 rings (SSSR count).